The molecule has 3 aromatic carbocycles. The lowest BCUT2D eigenvalue weighted by Gasteiger charge is -2.34. The van der Waals surface area contributed by atoms with Crippen LogP contribution < -0.4 is 14.2 Å². The van der Waals surface area contributed by atoms with Gasteiger partial charge in [-0.3, -0.25) is 0 Å². The average molecular weight is 625 g/mol. The Bertz CT molecular complexity index is 1660. The van der Waals surface area contributed by atoms with Gasteiger partial charge in [-0.1, -0.05) is 0 Å². The van der Waals surface area contributed by atoms with Gasteiger partial charge in [-0.15, -0.1) is 0 Å². The minimum atomic E-state index is -1.61. The maximum Gasteiger partial charge on any atom is 0.338 e. The second-order valence-corrected chi connectivity index (χ2v) is 9.54. The van der Waals surface area contributed by atoms with Gasteiger partial charge in [0.2, 0.25) is 0 Å². The summed E-state index contributed by atoms with van der Waals surface area (Å²) in [4.78, 5) is 51.5. The van der Waals surface area contributed by atoms with Gasteiger partial charge >= 0.3 is 23.9 Å². The van der Waals surface area contributed by atoms with E-state index in [4.69, 9.17) is 28.4 Å². The lowest BCUT2D eigenvalue weighted by atomic mass is 9.91. The molecule has 3 aromatic rings. The van der Waals surface area contributed by atoms with Crippen LogP contribution in [0.3, 0.4) is 0 Å². The third kappa shape index (κ3) is 7.18. The molecule has 45 heavy (non-hydrogen) atoms. The van der Waals surface area contributed by atoms with Crippen molar-refractivity contribution in [2.24, 2.45) is 0 Å². The van der Waals surface area contributed by atoms with Gasteiger partial charge in [0.15, 0.2) is 46.7 Å². The van der Waals surface area contributed by atoms with E-state index in [9.17, 15) is 39.6 Å². The highest BCUT2D eigenvalue weighted by Gasteiger charge is 2.43. The number of benzene rings is 3. The van der Waals surface area contributed by atoms with Gasteiger partial charge in [0.05, 0.1) is 38.0 Å². The lowest BCUT2D eigenvalue weighted by molar-refractivity contribution is -0.134. The minimum absolute atomic E-state index is 0.0716. The first-order valence-corrected chi connectivity index (χ1v) is 13.1. The largest absolute Gasteiger partial charge is 0.504 e. The molecule has 0 fully saturated rings. The molecule has 1 aliphatic carbocycles. The zero-order valence-corrected chi connectivity index (χ0v) is 24.1. The Morgan fingerprint density at radius 1 is 0.622 bits per heavy atom. The van der Waals surface area contributed by atoms with Crippen molar-refractivity contribution in [3.63, 3.8) is 0 Å². The van der Waals surface area contributed by atoms with Gasteiger partial charge in [0.1, 0.15) is 6.10 Å². The van der Waals surface area contributed by atoms with E-state index in [1.807, 2.05) is 0 Å². The van der Waals surface area contributed by atoms with Crippen molar-refractivity contribution in [1.29, 1.82) is 0 Å². The van der Waals surface area contributed by atoms with Crippen molar-refractivity contribution in [2.45, 2.75) is 24.7 Å². The maximum atomic E-state index is 13.2. The second kappa shape index (κ2) is 13.6. The van der Waals surface area contributed by atoms with Crippen LogP contribution in [0.2, 0.25) is 0 Å². The molecular formula is C31H28O14. The number of hydrogen-bond donors (Lipinski definition) is 4. The van der Waals surface area contributed by atoms with E-state index in [1.165, 1.54) is 57.7 Å². The van der Waals surface area contributed by atoms with Crippen LogP contribution in [0.4, 0.5) is 0 Å². The van der Waals surface area contributed by atoms with E-state index in [2.05, 4.69) is 0 Å². The van der Waals surface area contributed by atoms with E-state index in [1.54, 1.807) is 0 Å². The molecule has 0 radical (unpaired) electrons. The number of aliphatic carboxylic acids is 1. The molecule has 0 bridgehead atoms. The number of aromatic hydroxyl groups is 3. The Labute approximate surface area is 255 Å². The van der Waals surface area contributed by atoms with Crippen LogP contribution in [0.15, 0.2) is 66.2 Å². The highest BCUT2D eigenvalue weighted by atomic mass is 16.6. The second-order valence-electron chi connectivity index (χ2n) is 9.54. The molecule has 4 rings (SSSR count). The highest BCUT2D eigenvalue weighted by Crippen LogP contribution is 2.33. The molecule has 1 aliphatic rings. The molecule has 0 amide bonds. The lowest BCUT2D eigenvalue weighted by Crippen LogP contribution is -2.48. The molecule has 0 spiro atoms. The number of carbonyl (C=O) groups is 4. The van der Waals surface area contributed by atoms with Crippen LogP contribution in [0.25, 0.3) is 0 Å². The summed E-state index contributed by atoms with van der Waals surface area (Å²) in [5.74, 6) is -5.47. The van der Waals surface area contributed by atoms with Crippen LogP contribution >= 0.6 is 0 Å². The van der Waals surface area contributed by atoms with Gasteiger partial charge in [0, 0.05) is 12.0 Å². The molecule has 0 heterocycles. The van der Waals surface area contributed by atoms with Gasteiger partial charge in [-0.2, -0.15) is 0 Å². The summed E-state index contributed by atoms with van der Waals surface area (Å²) >= 11 is 0. The first-order chi connectivity index (χ1) is 21.4. The zero-order valence-electron chi connectivity index (χ0n) is 24.1. The highest BCUT2D eigenvalue weighted by molar-refractivity contribution is 5.93. The number of phenols is 3. The summed E-state index contributed by atoms with van der Waals surface area (Å²) < 4.78 is 31.7. The van der Waals surface area contributed by atoms with Gasteiger partial charge in [0.25, 0.3) is 0 Å². The quantitative estimate of drug-likeness (QED) is 0.189. The van der Waals surface area contributed by atoms with Crippen LogP contribution in [-0.4, -0.2) is 83.9 Å². The Morgan fingerprint density at radius 3 is 1.40 bits per heavy atom. The summed E-state index contributed by atoms with van der Waals surface area (Å²) in [6.45, 7) is 0. The molecule has 0 saturated heterocycles. The molecule has 14 nitrogen and oxygen atoms in total. The van der Waals surface area contributed by atoms with E-state index in [-0.39, 0.29) is 56.8 Å². The first-order valence-electron chi connectivity index (χ1n) is 13.1. The SMILES string of the molecule is COc1ccc(C(=O)O[C@@H]2[C@H](OC(=O)c3ccc(OC)c(O)c3)C=C(C(=O)O)C[C@H]2OC(=O)c2ccc(OC)c(O)c2)cc1O. The smallest absolute Gasteiger partial charge is 0.338 e. The number of carboxylic acid groups (broad SMARTS) is 1. The number of rotatable bonds is 10. The summed E-state index contributed by atoms with van der Waals surface area (Å²) in [7, 11) is 3.93. The summed E-state index contributed by atoms with van der Waals surface area (Å²) in [5.41, 5.74) is -0.782. The summed E-state index contributed by atoms with van der Waals surface area (Å²) in [6, 6.07) is 10.9. The Balaban J connectivity index is 1.70. The van der Waals surface area contributed by atoms with Gasteiger partial charge < -0.3 is 48.8 Å². The fourth-order valence-corrected chi connectivity index (χ4v) is 4.46. The molecule has 0 saturated carbocycles. The fraction of sp³-hybridized carbons (Fsp3) is 0.226. The molecule has 0 unspecified atom stereocenters. The third-order valence-corrected chi connectivity index (χ3v) is 6.74. The molecule has 236 valence electrons. The van der Waals surface area contributed by atoms with Crippen LogP contribution in [0, 0.1) is 0 Å². The predicted molar refractivity (Wildman–Crippen MR) is 152 cm³/mol. The van der Waals surface area contributed by atoms with Crippen molar-refractivity contribution >= 4 is 23.9 Å². The topological polar surface area (TPSA) is 205 Å². The number of methoxy groups -OCH3 is 3. The summed E-state index contributed by atoms with van der Waals surface area (Å²) in [6.07, 6.45) is -4.16. The summed E-state index contributed by atoms with van der Waals surface area (Å²) in [5, 5.41) is 40.2. The Hall–Kier alpha value is -5.92. The number of carboxylic acids is 1. The number of ether oxygens (including phenoxy) is 6. The van der Waals surface area contributed by atoms with Crippen LogP contribution in [0.5, 0.6) is 34.5 Å². The molecule has 3 atom stereocenters. The van der Waals surface area contributed by atoms with Gasteiger partial charge in [-0.05, 0) is 60.7 Å². The zero-order chi connectivity index (χ0) is 32.8. The van der Waals surface area contributed by atoms with Crippen molar-refractivity contribution in [2.75, 3.05) is 21.3 Å². The Kier molecular flexibility index (Phi) is 9.66. The standard InChI is InChI=1S/C31H28O14/c1-40-22-7-4-15(10-19(22)32)29(37)43-25-13-18(28(35)36)14-26(44-30(38)16-5-8-23(41-2)20(33)11-16)27(25)45-31(39)17-6-9-24(42-3)21(34)12-17/h4-13,25-27,32-34H,14H2,1-3H3,(H,35,36)/t25-,26-,27-/m1/s1. The number of carbonyl (C=O) groups excluding carboxylic acids is 3. The van der Waals surface area contributed by atoms with Crippen molar-refractivity contribution in [1.82, 2.24) is 0 Å². The van der Waals surface area contributed by atoms with E-state index >= 15 is 0 Å². The number of esters is 3. The van der Waals surface area contributed by atoms with Gasteiger partial charge in [-0.25, -0.2) is 19.2 Å². The molecule has 0 aliphatic heterocycles. The van der Waals surface area contributed by atoms with E-state index in [0.29, 0.717) is 0 Å². The minimum Gasteiger partial charge on any atom is -0.504 e. The number of hydrogen-bond acceptors (Lipinski definition) is 13. The van der Waals surface area contributed by atoms with Crippen molar-refractivity contribution in [3.05, 3.63) is 82.9 Å². The normalized spacial score (nSPS) is 17.3. The Morgan fingerprint density at radius 2 is 1.02 bits per heavy atom. The molecule has 4 N–H and O–H groups in total. The van der Waals surface area contributed by atoms with E-state index in [0.717, 1.165) is 24.3 Å². The average Bonchev–Trinajstić information content (AvgIpc) is 3.01. The fourth-order valence-electron chi connectivity index (χ4n) is 4.46. The van der Waals surface area contributed by atoms with Crippen molar-refractivity contribution < 1.29 is 68.0 Å². The molecule has 0 aromatic heterocycles. The van der Waals surface area contributed by atoms with Crippen molar-refractivity contribution in [3.8, 4) is 34.5 Å². The molecular weight excluding hydrogens is 596 g/mol. The monoisotopic (exact) mass is 624 g/mol. The first kappa shape index (κ1) is 32.0. The van der Waals surface area contributed by atoms with Crippen LogP contribution in [0.1, 0.15) is 37.5 Å². The van der Waals surface area contributed by atoms with E-state index < -0.39 is 48.6 Å². The maximum absolute atomic E-state index is 13.2. The third-order valence-electron chi connectivity index (χ3n) is 6.74. The number of phenolic OH excluding ortho intramolecular Hbond substituents is 3. The van der Waals surface area contributed by atoms with Crippen LogP contribution in [-0.2, 0) is 19.0 Å². The molecule has 14 heteroatoms. The predicted octanol–water partition coefficient (Wildman–Crippen LogP) is 3.22.